The van der Waals surface area contributed by atoms with E-state index in [9.17, 15) is 19.7 Å². The quantitative estimate of drug-likeness (QED) is 0.222. The van der Waals surface area contributed by atoms with Crippen LogP contribution in [0.3, 0.4) is 0 Å². The van der Waals surface area contributed by atoms with Crippen LogP contribution in [0, 0.1) is 10.1 Å². The van der Waals surface area contributed by atoms with E-state index in [0.717, 1.165) is 4.90 Å². The van der Waals surface area contributed by atoms with Gasteiger partial charge in [0.2, 0.25) is 0 Å². The Morgan fingerprint density at radius 2 is 2.03 bits per heavy atom. The lowest BCUT2D eigenvalue weighted by Crippen LogP contribution is -2.30. The summed E-state index contributed by atoms with van der Waals surface area (Å²) in [6.45, 7) is 3.82. The zero-order chi connectivity index (χ0) is 21.0. The first-order valence-electron chi connectivity index (χ1n) is 8.50. The Bertz CT molecular complexity index is 1030. The summed E-state index contributed by atoms with van der Waals surface area (Å²) in [5.74, 6) is 0.116. The number of non-ortho nitro benzene ring substituents is 1. The second kappa shape index (κ2) is 8.70. The van der Waals surface area contributed by atoms with Crippen molar-refractivity contribution < 1.29 is 19.2 Å². The molecule has 0 radical (unpaired) electrons. The second-order valence-electron chi connectivity index (χ2n) is 6.10. The van der Waals surface area contributed by atoms with Crippen molar-refractivity contribution in [3.63, 3.8) is 0 Å². The molecule has 0 spiro atoms. The number of imide groups is 1. The Morgan fingerprint density at radius 3 is 2.72 bits per heavy atom. The van der Waals surface area contributed by atoms with Crippen LogP contribution >= 0.6 is 15.9 Å². The summed E-state index contributed by atoms with van der Waals surface area (Å²) < 4.78 is 6.36. The van der Waals surface area contributed by atoms with Gasteiger partial charge in [-0.25, -0.2) is 4.79 Å². The normalized spacial score (nSPS) is 14.8. The van der Waals surface area contributed by atoms with Crippen molar-refractivity contribution >= 4 is 39.6 Å². The van der Waals surface area contributed by atoms with Gasteiger partial charge in [-0.15, -0.1) is 6.58 Å². The predicted molar refractivity (Wildman–Crippen MR) is 110 cm³/mol. The van der Waals surface area contributed by atoms with E-state index >= 15 is 0 Å². The van der Waals surface area contributed by atoms with Crippen LogP contribution < -0.4 is 10.1 Å². The first-order chi connectivity index (χ1) is 13.9. The number of nitrogens with one attached hydrogen (secondary N) is 1. The molecule has 1 fully saturated rings. The van der Waals surface area contributed by atoms with E-state index in [4.69, 9.17) is 4.74 Å². The fourth-order valence-electron chi connectivity index (χ4n) is 2.68. The number of nitro groups is 1. The minimum Gasteiger partial charge on any atom is -0.488 e. The second-order valence-corrected chi connectivity index (χ2v) is 6.95. The highest BCUT2D eigenvalue weighted by molar-refractivity contribution is 9.10. The molecule has 1 heterocycles. The molecule has 9 heteroatoms. The summed E-state index contributed by atoms with van der Waals surface area (Å²) >= 11 is 3.41. The van der Waals surface area contributed by atoms with Crippen molar-refractivity contribution in [3.8, 4) is 5.75 Å². The number of urea groups is 1. The maximum atomic E-state index is 12.2. The van der Waals surface area contributed by atoms with Crippen LogP contribution in [0.5, 0.6) is 5.75 Å². The molecule has 0 saturated carbocycles. The SMILES string of the molecule is C=CCN1C(=O)N/C(=C/c2ccc(OCc3cccc([N+](=O)[O-])c3)c(Br)c2)C1=O. The lowest BCUT2D eigenvalue weighted by Gasteiger charge is -2.09. The molecule has 1 aliphatic rings. The monoisotopic (exact) mass is 457 g/mol. The highest BCUT2D eigenvalue weighted by Crippen LogP contribution is 2.28. The highest BCUT2D eigenvalue weighted by atomic mass is 79.9. The Labute approximate surface area is 174 Å². The van der Waals surface area contributed by atoms with Crippen molar-refractivity contribution in [2.45, 2.75) is 6.61 Å². The summed E-state index contributed by atoms with van der Waals surface area (Å²) in [6.07, 6.45) is 3.04. The van der Waals surface area contributed by atoms with Gasteiger partial charge < -0.3 is 10.1 Å². The van der Waals surface area contributed by atoms with E-state index in [2.05, 4.69) is 27.8 Å². The van der Waals surface area contributed by atoms with Crippen LogP contribution in [-0.2, 0) is 11.4 Å². The fraction of sp³-hybridized carbons (Fsp3) is 0.100. The molecule has 0 bridgehead atoms. The van der Waals surface area contributed by atoms with Gasteiger partial charge in [0.15, 0.2) is 0 Å². The molecule has 2 aromatic carbocycles. The molecular weight excluding hydrogens is 442 g/mol. The van der Waals surface area contributed by atoms with E-state index in [1.54, 1.807) is 36.4 Å². The molecule has 3 rings (SSSR count). The minimum absolute atomic E-state index is 0.000847. The zero-order valence-electron chi connectivity index (χ0n) is 15.1. The average Bonchev–Trinajstić information content (AvgIpc) is 2.95. The number of hydrogen-bond acceptors (Lipinski definition) is 5. The van der Waals surface area contributed by atoms with Gasteiger partial charge in [0.1, 0.15) is 18.1 Å². The molecule has 1 N–H and O–H groups in total. The Kier molecular flexibility index (Phi) is 6.08. The number of amides is 3. The molecule has 0 unspecified atom stereocenters. The van der Waals surface area contributed by atoms with E-state index in [1.807, 2.05) is 0 Å². The van der Waals surface area contributed by atoms with Gasteiger partial charge in [-0.05, 0) is 45.3 Å². The van der Waals surface area contributed by atoms with Crippen LogP contribution in [0.25, 0.3) is 6.08 Å². The van der Waals surface area contributed by atoms with Crippen LogP contribution in [0.2, 0.25) is 0 Å². The van der Waals surface area contributed by atoms with E-state index in [0.29, 0.717) is 21.3 Å². The van der Waals surface area contributed by atoms with Gasteiger partial charge >= 0.3 is 6.03 Å². The number of nitrogens with zero attached hydrogens (tertiary/aromatic N) is 2. The molecule has 8 nitrogen and oxygen atoms in total. The third kappa shape index (κ3) is 4.69. The van der Waals surface area contributed by atoms with E-state index in [-0.39, 0.29) is 24.5 Å². The first-order valence-corrected chi connectivity index (χ1v) is 9.29. The third-order valence-electron chi connectivity index (χ3n) is 4.06. The Hall–Kier alpha value is -3.46. The third-order valence-corrected chi connectivity index (χ3v) is 4.68. The van der Waals surface area contributed by atoms with Crippen LogP contribution in [0.15, 0.2) is 65.3 Å². The molecule has 148 valence electrons. The number of carbonyl (C=O) groups is 2. The van der Waals surface area contributed by atoms with Crippen LogP contribution in [-0.4, -0.2) is 28.3 Å². The van der Waals surface area contributed by atoms with Crippen molar-refractivity contribution in [1.29, 1.82) is 0 Å². The maximum Gasteiger partial charge on any atom is 0.329 e. The summed E-state index contributed by atoms with van der Waals surface area (Å²) in [7, 11) is 0. The van der Waals surface area contributed by atoms with Crippen molar-refractivity contribution in [2.75, 3.05) is 6.54 Å². The average molecular weight is 458 g/mol. The van der Waals surface area contributed by atoms with E-state index in [1.165, 1.54) is 18.2 Å². The number of carbonyl (C=O) groups excluding carboxylic acids is 2. The molecule has 2 aromatic rings. The smallest absolute Gasteiger partial charge is 0.329 e. The number of rotatable bonds is 7. The molecule has 1 saturated heterocycles. The van der Waals surface area contributed by atoms with Crippen molar-refractivity contribution in [1.82, 2.24) is 10.2 Å². The standard InChI is InChI=1S/C20H16BrN3O5/c1-2-8-23-19(25)17(22-20(23)26)11-13-6-7-18(16(21)10-13)29-12-14-4-3-5-15(9-14)24(27)28/h2-7,9-11H,1,8,12H2,(H,22,26)/b17-11+. The molecule has 1 aliphatic heterocycles. The maximum absolute atomic E-state index is 12.2. The lowest BCUT2D eigenvalue weighted by molar-refractivity contribution is -0.384. The summed E-state index contributed by atoms with van der Waals surface area (Å²) in [4.78, 5) is 35.5. The summed E-state index contributed by atoms with van der Waals surface area (Å²) in [5, 5.41) is 13.4. The number of hydrogen-bond donors (Lipinski definition) is 1. The van der Waals surface area contributed by atoms with Crippen LogP contribution in [0.4, 0.5) is 10.5 Å². The summed E-state index contributed by atoms with van der Waals surface area (Å²) in [5.41, 5.74) is 1.53. The van der Waals surface area contributed by atoms with Gasteiger partial charge in [0.05, 0.1) is 9.40 Å². The molecule has 0 atom stereocenters. The van der Waals surface area contributed by atoms with Gasteiger partial charge in [0, 0.05) is 18.7 Å². The fourth-order valence-corrected chi connectivity index (χ4v) is 3.19. The van der Waals surface area contributed by atoms with Gasteiger partial charge in [0.25, 0.3) is 11.6 Å². The van der Waals surface area contributed by atoms with Crippen LogP contribution in [0.1, 0.15) is 11.1 Å². The Morgan fingerprint density at radius 1 is 1.24 bits per heavy atom. The Balaban J connectivity index is 1.71. The van der Waals surface area contributed by atoms with Crippen molar-refractivity contribution in [3.05, 3.63) is 86.5 Å². The number of ether oxygens (including phenoxy) is 1. The largest absolute Gasteiger partial charge is 0.488 e. The molecule has 0 aromatic heterocycles. The lowest BCUT2D eigenvalue weighted by atomic mass is 10.2. The predicted octanol–water partition coefficient (Wildman–Crippen LogP) is 4.02. The molecule has 3 amide bonds. The molecule has 0 aliphatic carbocycles. The molecule has 29 heavy (non-hydrogen) atoms. The zero-order valence-corrected chi connectivity index (χ0v) is 16.7. The number of benzene rings is 2. The van der Waals surface area contributed by atoms with Gasteiger partial charge in [-0.1, -0.05) is 24.3 Å². The topological polar surface area (TPSA) is 102 Å². The summed E-state index contributed by atoms with van der Waals surface area (Å²) in [6, 6.07) is 10.9. The number of halogens is 1. The molecular formula is C20H16BrN3O5. The first kappa shape index (κ1) is 20.3. The minimum atomic E-state index is -0.489. The van der Waals surface area contributed by atoms with Gasteiger partial charge in [-0.3, -0.25) is 19.8 Å². The highest BCUT2D eigenvalue weighted by Gasteiger charge is 2.32. The van der Waals surface area contributed by atoms with Gasteiger partial charge in [-0.2, -0.15) is 0 Å². The van der Waals surface area contributed by atoms with Crippen molar-refractivity contribution in [2.24, 2.45) is 0 Å². The number of nitro benzene ring substituents is 1. The van der Waals surface area contributed by atoms with E-state index < -0.39 is 16.9 Å².